The molecule has 1 unspecified atom stereocenters. The monoisotopic (exact) mass is 291 g/mol. The maximum absolute atomic E-state index is 10.1. The second-order valence-electron chi connectivity index (χ2n) is 4.85. The van der Waals surface area contributed by atoms with Crippen LogP contribution in [-0.2, 0) is 6.54 Å². The van der Waals surface area contributed by atoms with Gasteiger partial charge in [0.2, 0.25) is 0 Å². The summed E-state index contributed by atoms with van der Waals surface area (Å²) < 4.78 is 0. The number of aliphatic hydroxyl groups is 1. The van der Waals surface area contributed by atoms with Crippen LogP contribution in [0.1, 0.15) is 23.8 Å². The van der Waals surface area contributed by atoms with Crippen LogP contribution in [0, 0.1) is 0 Å². The van der Waals surface area contributed by atoms with Crippen LogP contribution in [0.2, 0.25) is 0 Å². The number of nitrogens with zero attached hydrogens (tertiary/aromatic N) is 2. The number of thiazole rings is 1. The number of anilines is 1. The lowest BCUT2D eigenvalue weighted by molar-refractivity contribution is 0.147. The van der Waals surface area contributed by atoms with Crippen molar-refractivity contribution in [3.8, 4) is 0 Å². The van der Waals surface area contributed by atoms with Crippen LogP contribution in [0.15, 0.2) is 35.7 Å². The van der Waals surface area contributed by atoms with E-state index in [9.17, 15) is 5.11 Å². The Morgan fingerprint density at radius 3 is 2.75 bits per heavy atom. The third-order valence-electron chi connectivity index (χ3n) is 3.17. The third kappa shape index (κ3) is 4.30. The van der Waals surface area contributed by atoms with E-state index in [2.05, 4.69) is 27.6 Å². The lowest BCUT2D eigenvalue weighted by Crippen LogP contribution is -2.21. The van der Waals surface area contributed by atoms with Gasteiger partial charge in [0.15, 0.2) is 5.13 Å². The van der Waals surface area contributed by atoms with E-state index in [4.69, 9.17) is 0 Å². The largest absolute Gasteiger partial charge is 0.388 e. The molecule has 4 nitrogen and oxygen atoms in total. The number of rotatable bonds is 7. The first kappa shape index (κ1) is 15.0. The van der Waals surface area contributed by atoms with E-state index in [0.29, 0.717) is 0 Å². The second-order valence-corrected chi connectivity index (χ2v) is 5.71. The molecule has 2 aromatic rings. The number of benzene rings is 1. The second kappa shape index (κ2) is 7.38. The predicted molar refractivity (Wildman–Crippen MR) is 84.0 cm³/mol. The zero-order valence-electron chi connectivity index (χ0n) is 11.9. The highest BCUT2D eigenvalue weighted by atomic mass is 32.1. The average molecular weight is 291 g/mol. The fraction of sp³-hybridized carbons (Fsp3) is 0.400. The first-order chi connectivity index (χ1) is 9.69. The highest BCUT2D eigenvalue weighted by Gasteiger charge is 2.10. The molecule has 0 aliphatic heterocycles. The summed E-state index contributed by atoms with van der Waals surface area (Å²) >= 11 is 1.61. The van der Waals surface area contributed by atoms with Crippen molar-refractivity contribution in [2.24, 2.45) is 0 Å². The molecule has 0 spiro atoms. The zero-order valence-corrected chi connectivity index (χ0v) is 12.7. The molecule has 2 rings (SSSR count). The van der Waals surface area contributed by atoms with Gasteiger partial charge < -0.3 is 15.3 Å². The Morgan fingerprint density at radius 2 is 2.10 bits per heavy atom. The van der Waals surface area contributed by atoms with Crippen molar-refractivity contribution >= 4 is 16.5 Å². The van der Waals surface area contributed by atoms with Gasteiger partial charge in [0.1, 0.15) is 0 Å². The van der Waals surface area contributed by atoms with Crippen LogP contribution < -0.4 is 5.32 Å². The molecule has 5 heteroatoms. The maximum atomic E-state index is 10.1. The van der Waals surface area contributed by atoms with Crippen molar-refractivity contribution in [2.45, 2.75) is 19.1 Å². The van der Waals surface area contributed by atoms with Gasteiger partial charge in [0.25, 0.3) is 0 Å². The predicted octanol–water partition coefficient (Wildman–Crippen LogP) is 2.74. The summed E-state index contributed by atoms with van der Waals surface area (Å²) in [5.41, 5.74) is 2.04. The van der Waals surface area contributed by atoms with E-state index in [-0.39, 0.29) is 0 Å². The SMILES string of the molecule is CNc1nc(CN(C)CCC(O)c2ccccc2)cs1. The smallest absolute Gasteiger partial charge is 0.182 e. The van der Waals surface area contributed by atoms with Gasteiger partial charge in [0.05, 0.1) is 11.8 Å². The van der Waals surface area contributed by atoms with Gasteiger partial charge in [-0.15, -0.1) is 11.3 Å². The first-order valence-corrected chi connectivity index (χ1v) is 7.60. The molecule has 0 aliphatic rings. The van der Waals surface area contributed by atoms with Crippen LogP contribution in [0.5, 0.6) is 0 Å². The molecule has 0 fully saturated rings. The maximum Gasteiger partial charge on any atom is 0.182 e. The quantitative estimate of drug-likeness (QED) is 0.823. The summed E-state index contributed by atoms with van der Waals surface area (Å²) in [7, 11) is 3.93. The van der Waals surface area contributed by atoms with E-state index in [1.165, 1.54) is 0 Å². The van der Waals surface area contributed by atoms with E-state index in [1.807, 2.05) is 37.4 Å². The van der Waals surface area contributed by atoms with E-state index in [0.717, 1.165) is 35.9 Å². The van der Waals surface area contributed by atoms with E-state index >= 15 is 0 Å². The van der Waals surface area contributed by atoms with Gasteiger partial charge in [-0.25, -0.2) is 4.98 Å². The molecule has 108 valence electrons. The molecule has 0 saturated heterocycles. The third-order valence-corrected chi connectivity index (χ3v) is 4.07. The molecule has 1 heterocycles. The summed E-state index contributed by atoms with van der Waals surface area (Å²) in [4.78, 5) is 6.64. The zero-order chi connectivity index (χ0) is 14.4. The molecule has 0 bridgehead atoms. The van der Waals surface area contributed by atoms with Gasteiger partial charge in [-0.3, -0.25) is 0 Å². The van der Waals surface area contributed by atoms with Gasteiger partial charge in [-0.05, 0) is 19.0 Å². The molecule has 0 saturated carbocycles. The lowest BCUT2D eigenvalue weighted by Gasteiger charge is -2.18. The number of hydrogen-bond acceptors (Lipinski definition) is 5. The highest BCUT2D eigenvalue weighted by molar-refractivity contribution is 7.13. The van der Waals surface area contributed by atoms with E-state index in [1.54, 1.807) is 11.3 Å². The molecule has 0 aliphatic carbocycles. The Morgan fingerprint density at radius 1 is 1.35 bits per heavy atom. The fourth-order valence-corrected chi connectivity index (χ4v) is 2.70. The molecule has 0 radical (unpaired) electrons. The fourth-order valence-electron chi connectivity index (χ4n) is 2.03. The summed E-state index contributed by atoms with van der Waals surface area (Å²) in [6, 6.07) is 9.80. The molecule has 2 N–H and O–H groups in total. The Balaban J connectivity index is 1.78. The topological polar surface area (TPSA) is 48.4 Å². The van der Waals surface area contributed by atoms with Gasteiger partial charge in [-0.2, -0.15) is 0 Å². The van der Waals surface area contributed by atoms with Crippen molar-refractivity contribution in [2.75, 3.05) is 26.0 Å². The van der Waals surface area contributed by atoms with Crippen LogP contribution in [-0.4, -0.2) is 35.6 Å². The van der Waals surface area contributed by atoms with Crippen molar-refractivity contribution in [3.05, 3.63) is 47.0 Å². The Kier molecular flexibility index (Phi) is 5.52. The molecule has 20 heavy (non-hydrogen) atoms. The minimum atomic E-state index is -0.401. The van der Waals surface area contributed by atoms with E-state index < -0.39 is 6.10 Å². The van der Waals surface area contributed by atoms with Crippen molar-refractivity contribution < 1.29 is 5.11 Å². The van der Waals surface area contributed by atoms with Crippen molar-refractivity contribution in [1.29, 1.82) is 0 Å². The highest BCUT2D eigenvalue weighted by Crippen LogP contribution is 2.18. The minimum absolute atomic E-state index is 0.401. The van der Waals surface area contributed by atoms with Crippen LogP contribution in [0.4, 0.5) is 5.13 Å². The summed E-state index contributed by atoms with van der Waals surface area (Å²) in [6.07, 6.45) is 0.325. The normalized spacial score (nSPS) is 12.6. The summed E-state index contributed by atoms with van der Waals surface area (Å²) in [5.74, 6) is 0. The Hall–Kier alpha value is -1.43. The first-order valence-electron chi connectivity index (χ1n) is 6.72. The lowest BCUT2D eigenvalue weighted by atomic mass is 10.1. The Bertz CT molecular complexity index is 515. The molecular formula is C15H21N3OS. The van der Waals surface area contributed by atoms with Crippen molar-refractivity contribution in [1.82, 2.24) is 9.88 Å². The molecule has 1 aromatic heterocycles. The van der Waals surface area contributed by atoms with Gasteiger partial charge in [-0.1, -0.05) is 30.3 Å². The number of nitrogens with one attached hydrogen (secondary N) is 1. The average Bonchev–Trinajstić information content (AvgIpc) is 2.93. The van der Waals surface area contributed by atoms with Crippen LogP contribution in [0.25, 0.3) is 0 Å². The molecule has 1 aromatic carbocycles. The van der Waals surface area contributed by atoms with Crippen LogP contribution >= 0.6 is 11.3 Å². The van der Waals surface area contributed by atoms with Gasteiger partial charge >= 0.3 is 0 Å². The molecule has 0 amide bonds. The standard InChI is InChI=1S/C15H21N3OS/c1-16-15-17-13(11-20-15)10-18(2)9-8-14(19)12-6-4-3-5-7-12/h3-7,11,14,19H,8-10H2,1-2H3,(H,16,17). The molecular weight excluding hydrogens is 270 g/mol. The van der Waals surface area contributed by atoms with Gasteiger partial charge in [0, 0.05) is 25.5 Å². The number of hydrogen-bond donors (Lipinski definition) is 2. The summed E-state index contributed by atoms with van der Waals surface area (Å²) in [5, 5.41) is 16.2. The minimum Gasteiger partial charge on any atom is -0.388 e. The van der Waals surface area contributed by atoms with Crippen LogP contribution in [0.3, 0.4) is 0 Å². The number of aliphatic hydroxyl groups excluding tert-OH is 1. The van der Waals surface area contributed by atoms with Crippen molar-refractivity contribution in [3.63, 3.8) is 0 Å². The Labute approximate surface area is 124 Å². The molecule has 1 atom stereocenters. The summed E-state index contributed by atoms with van der Waals surface area (Å²) in [6.45, 7) is 1.64. The number of aromatic nitrogens is 1.